The van der Waals surface area contributed by atoms with Crippen molar-refractivity contribution in [3.05, 3.63) is 41.5 Å². The molecule has 0 bridgehead atoms. The van der Waals surface area contributed by atoms with Crippen LogP contribution in [0.2, 0.25) is 0 Å². The summed E-state index contributed by atoms with van der Waals surface area (Å²) >= 11 is 0. The molecule has 0 aliphatic carbocycles. The summed E-state index contributed by atoms with van der Waals surface area (Å²) in [5.41, 5.74) is 4.71. The normalized spacial score (nSPS) is 11.6. The molecule has 0 atom stereocenters. The lowest BCUT2D eigenvalue weighted by Gasteiger charge is -2.22. The Morgan fingerprint density at radius 1 is 1.23 bits per heavy atom. The number of anilines is 2. The number of nitrogens with zero attached hydrogens (tertiary/aromatic N) is 4. The summed E-state index contributed by atoms with van der Waals surface area (Å²) in [6.07, 6.45) is 1.75. The van der Waals surface area contributed by atoms with Gasteiger partial charge in [0.25, 0.3) is 0 Å². The molecule has 1 aromatic carbocycles. The molecule has 1 heterocycles. The maximum Gasteiger partial charge on any atom is 0.320 e. The Hall–Kier alpha value is -2.67. The molecule has 0 saturated heterocycles. The highest BCUT2D eigenvalue weighted by Crippen LogP contribution is 2.19. The number of hydrogen-bond donors (Lipinski definition) is 1. The third-order valence-corrected chi connectivity index (χ3v) is 3.69. The molecule has 0 spiro atoms. The zero-order chi connectivity index (χ0) is 19.2. The largest absolute Gasteiger partial charge is 0.460 e. The van der Waals surface area contributed by atoms with E-state index in [9.17, 15) is 0 Å². The Bertz CT molecular complexity index is 759. The molecule has 0 amide bonds. The Morgan fingerprint density at radius 3 is 2.65 bits per heavy atom. The van der Waals surface area contributed by atoms with Gasteiger partial charge in [-0.25, -0.2) is 0 Å². The number of benzene rings is 1. The van der Waals surface area contributed by atoms with E-state index < -0.39 is 5.60 Å². The van der Waals surface area contributed by atoms with Crippen molar-refractivity contribution in [3.63, 3.8) is 0 Å². The Labute approximate surface area is 155 Å². The average Bonchev–Trinajstić information content (AvgIpc) is 2.60. The van der Waals surface area contributed by atoms with Crippen molar-refractivity contribution in [2.75, 3.05) is 38.1 Å². The first kappa shape index (κ1) is 19.7. The van der Waals surface area contributed by atoms with Crippen LogP contribution in [0, 0.1) is 6.92 Å². The molecule has 0 aliphatic rings. The maximum absolute atomic E-state index is 5.71. The first-order chi connectivity index (χ1) is 12.3. The molecule has 2 rings (SSSR count). The van der Waals surface area contributed by atoms with Crippen molar-refractivity contribution in [1.29, 1.82) is 0 Å². The molecule has 0 fully saturated rings. The van der Waals surface area contributed by atoms with E-state index in [0.29, 0.717) is 12.4 Å². The van der Waals surface area contributed by atoms with E-state index in [2.05, 4.69) is 26.6 Å². The fourth-order valence-corrected chi connectivity index (χ4v) is 1.98. The van der Waals surface area contributed by atoms with Crippen LogP contribution in [0.5, 0.6) is 6.01 Å². The molecule has 26 heavy (non-hydrogen) atoms. The van der Waals surface area contributed by atoms with Crippen LogP contribution < -0.4 is 15.1 Å². The van der Waals surface area contributed by atoms with Crippen molar-refractivity contribution in [2.24, 2.45) is 5.10 Å². The molecule has 140 valence electrons. The molecule has 0 aliphatic heterocycles. The summed E-state index contributed by atoms with van der Waals surface area (Å²) < 4.78 is 11.1. The number of hydrazone groups is 1. The number of ether oxygens (including phenoxy) is 2. The molecule has 1 N–H and O–H groups in total. The Balaban J connectivity index is 2.13. The maximum atomic E-state index is 5.71. The molecular weight excluding hydrogens is 330 g/mol. The number of aromatic nitrogens is 2. The summed E-state index contributed by atoms with van der Waals surface area (Å²) in [4.78, 5) is 10.6. The minimum Gasteiger partial charge on any atom is -0.460 e. The molecule has 0 unspecified atom stereocenters. The van der Waals surface area contributed by atoms with Gasteiger partial charge in [0.2, 0.25) is 0 Å². The van der Waals surface area contributed by atoms with Crippen LogP contribution in [0.25, 0.3) is 0 Å². The standard InChI is InChI=1S/C19H27N5O2/c1-14-8-7-9-15(10-14)12-20-23-16-11-17(24(4)5)22-18(21-16)26-13-19(2,3)25-6/h7-12H,13H2,1-6H3,(H,21,22,23)/b20-12+. The fraction of sp³-hybridized carbons (Fsp3) is 0.421. The lowest BCUT2D eigenvalue weighted by molar-refractivity contribution is -0.0169. The lowest BCUT2D eigenvalue weighted by Crippen LogP contribution is -2.31. The second-order valence-electron chi connectivity index (χ2n) is 6.83. The van der Waals surface area contributed by atoms with Crippen molar-refractivity contribution < 1.29 is 9.47 Å². The number of rotatable bonds is 8. The van der Waals surface area contributed by atoms with Gasteiger partial charge < -0.3 is 14.4 Å². The molecule has 2 aromatic rings. The average molecular weight is 357 g/mol. The van der Waals surface area contributed by atoms with Crippen LogP contribution >= 0.6 is 0 Å². The summed E-state index contributed by atoms with van der Waals surface area (Å²) in [6, 6.07) is 10.2. The number of aryl methyl sites for hydroxylation is 1. The second-order valence-corrected chi connectivity index (χ2v) is 6.83. The Morgan fingerprint density at radius 2 is 2.00 bits per heavy atom. The molecule has 0 saturated carbocycles. The van der Waals surface area contributed by atoms with E-state index in [1.54, 1.807) is 13.3 Å². The number of methoxy groups -OCH3 is 1. The quantitative estimate of drug-likeness (QED) is 0.578. The van der Waals surface area contributed by atoms with Gasteiger partial charge in [-0.3, -0.25) is 5.43 Å². The second kappa shape index (κ2) is 8.62. The van der Waals surface area contributed by atoms with Gasteiger partial charge in [0.15, 0.2) is 5.82 Å². The first-order valence-electron chi connectivity index (χ1n) is 8.39. The van der Waals surface area contributed by atoms with Crippen LogP contribution in [0.1, 0.15) is 25.0 Å². The van der Waals surface area contributed by atoms with E-state index in [0.717, 1.165) is 11.4 Å². The van der Waals surface area contributed by atoms with Gasteiger partial charge in [-0.05, 0) is 26.3 Å². The lowest BCUT2D eigenvalue weighted by atomic mass is 10.2. The highest BCUT2D eigenvalue weighted by atomic mass is 16.5. The molecule has 7 nitrogen and oxygen atoms in total. The monoisotopic (exact) mass is 357 g/mol. The van der Waals surface area contributed by atoms with Gasteiger partial charge >= 0.3 is 6.01 Å². The van der Waals surface area contributed by atoms with Crippen molar-refractivity contribution in [1.82, 2.24) is 9.97 Å². The van der Waals surface area contributed by atoms with Gasteiger partial charge in [0, 0.05) is 27.3 Å². The van der Waals surface area contributed by atoms with E-state index in [-0.39, 0.29) is 6.01 Å². The van der Waals surface area contributed by atoms with Gasteiger partial charge in [-0.1, -0.05) is 29.8 Å². The zero-order valence-electron chi connectivity index (χ0n) is 16.3. The predicted octanol–water partition coefficient (Wildman–Crippen LogP) is 3.10. The minimum atomic E-state index is -0.422. The van der Waals surface area contributed by atoms with Gasteiger partial charge in [-0.2, -0.15) is 15.1 Å². The summed E-state index contributed by atoms with van der Waals surface area (Å²) in [6.45, 7) is 6.26. The minimum absolute atomic E-state index is 0.273. The topological polar surface area (TPSA) is 71.9 Å². The van der Waals surface area contributed by atoms with Crippen LogP contribution in [0.3, 0.4) is 0 Å². The Kier molecular flexibility index (Phi) is 6.52. The molecule has 7 heteroatoms. The van der Waals surface area contributed by atoms with Gasteiger partial charge in [0.05, 0.1) is 11.8 Å². The van der Waals surface area contributed by atoms with E-state index in [1.807, 2.05) is 64.0 Å². The predicted molar refractivity (Wildman–Crippen MR) is 105 cm³/mol. The van der Waals surface area contributed by atoms with Gasteiger partial charge in [-0.15, -0.1) is 0 Å². The third-order valence-electron chi connectivity index (χ3n) is 3.69. The first-order valence-corrected chi connectivity index (χ1v) is 8.39. The van der Waals surface area contributed by atoms with E-state index >= 15 is 0 Å². The summed E-state index contributed by atoms with van der Waals surface area (Å²) in [5.74, 6) is 1.27. The fourth-order valence-electron chi connectivity index (χ4n) is 1.98. The highest BCUT2D eigenvalue weighted by molar-refractivity contribution is 5.80. The molecular formula is C19H27N5O2. The van der Waals surface area contributed by atoms with E-state index in [4.69, 9.17) is 9.47 Å². The van der Waals surface area contributed by atoms with Crippen molar-refractivity contribution in [3.8, 4) is 6.01 Å². The highest BCUT2D eigenvalue weighted by Gasteiger charge is 2.18. The van der Waals surface area contributed by atoms with Crippen LogP contribution in [-0.2, 0) is 4.74 Å². The molecule has 0 radical (unpaired) electrons. The van der Waals surface area contributed by atoms with E-state index in [1.165, 1.54) is 5.56 Å². The number of nitrogens with one attached hydrogen (secondary N) is 1. The van der Waals surface area contributed by atoms with Gasteiger partial charge in [0.1, 0.15) is 12.4 Å². The van der Waals surface area contributed by atoms with Crippen molar-refractivity contribution >= 4 is 17.9 Å². The van der Waals surface area contributed by atoms with Crippen LogP contribution in [-0.4, -0.2) is 49.6 Å². The summed E-state index contributed by atoms with van der Waals surface area (Å²) in [7, 11) is 5.46. The zero-order valence-corrected chi connectivity index (χ0v) is 16.3. The summed E-state index contributed by atoms with van der Waals surface area (Å²) in [5, 5.41) is 4.26. The van der Waals surface area contributed by atoms with Crippen LogP contribution in [0.15, 0.2) is 35.4 Å². The third kappa shape index (κ3) is 6.00. The van der Waals surface area contributed by atoms with Crippen LogP contribution in [0.4, 0.5) is 11.6 Å². The smallest absolute Gasteiger partial charge is 0.320 e. The SMILES string of the molecule is COC(C)(C)COc1nc(N/N=C/c2cccc(C)c2)cc(N(C)C)n1. The number of hydrogen-bond acceptors (Lipinski definition) is 7. The molecule has 1 aromatic heterocycles. The van der Waals surface area contributed by atoms with Crippen molar-refractivity contribution in [2.45, 2.75) is 26.4 Å².